The average molecular weight is 314 g/mol. The summed E-state index contributed by atoms with van der Waals surface area (Å²) >= 11 is 7.34. The summed E-state index contributed by atoms with van der Waals surface area (Å²) in [6.45, 7) is 3.91. The molecule has 0 fully saturated rings. The van der Waals surface area contributed by atoms with Crippen LogP contribution in [0.15, 0.2) is 23.2 Å². The van der Waals surface area contributed by atoms with Gasteiger partial charge in [0.1, 0.15) is 5.75 Å². The third kappa shape index (κ3) is 3.10. The Morgan fingerprint density at radius 3 is 2.85 bits per heavy atom. The Bertz CT molecular complexity index is 572. The van der Waals surface area contributed by atoms with Crippen molar-refractivity contribution < 1.29 is 14.6 Å². The lowest BCUT2D eigenvalue weighted by Crippen LogP contribution is -2.35. The minimum atomic E-state index is -0.512. The smallest absolute Gasteiger partial charge is 0.332 e. The molecule has 1 aliphatic rings. The fourth-order valence-corrected chi connectivity index (χ4v) is 3.48. The number of nitrogens with zero attached hydrogens (tertiary/aromatic N) is 1. The molecule has 108 valence electrons. The number of halogens is 1. The molecule has 0 aromatic heterocycles. The molecule has 1 aromatic rings. The third-order valence-corrected chi connectivity index (χ3v) is 4.60. The highest BCUT2D eigenvalue weighted by Gasteiger charge is 2.42. The van der Waals surface area contributed by atoms with E-state index in [2.05, 4.69) is 4.99 Å². The zero-order valence-electron chi connectivity index (χ0n) is 11.5. The van der Waals surface area contributed by atoms with Crippen molar-refractivity contribution in [3.63, 3.8) is 0 Å². The number of benzene rings is 1. The number of hydrogen-bond acceptors (Lipinski definition) is 5. The molecule has 0 unspecified atom stereocenters. The summed E-state index contributed by atoms with van der Waals surface area (Å²) < 4.78 is 4.44. The number of aliphatic imine (C=N–C) groups is 1. The van der Waals surface area contributed by atoms with Gasteiger partial charge in [-0.25, -0.2) is 4.79 Å². The summed E-state index contributed by atoms with van der Waals surface area (Å²) in [7, 11) is 1.36. The number of thioether (sulfide) groups is 1. The fraction of sp³-hybridized carbons (Fsp3) is 0.429. The van der Waals surface area contributed by atoms with Gasteiger partial charge in [-0.2, -0.15) is 0 Å². The van der Waals surface area contributed by atoms with Crippen LogP contribution in [-0.2, 0) is 16.0 Å². The van der Waals surface area contributed by atoms with Crippen molar-refractivity contribution in [2.75, 3.05) is 7.11 Å². The standard InChI is InChI=1S/C14H16ClNO3S/c1-14(2)12(13(18)19-3)16-11(20-14)6-8-4-5-9(15)7-10(8)17/h4-5,7,12,17H,6H2,1-3H3/t12-/m0/s1. The van der Waals surface area contributed by atoms with Gasteiger partial charge in [0.25, 0.3) is 0 Å². The normalized spacial score (nSPS) is 20.6. The van der Waals surface area contributed by atoms with Crippen molar-refractivity contribution in [2.24, 2.45) is 4.99 Å². The maximum atomic E-state index is 11.7. The van der Waals surface area contributed by atoms with Gasteiger partial charge in [-0.05, 0) is 26.0 Å². The first-order chi connectivity index (χ1) is 9.33. The van der Waals surface area contributed by atoms with Crippen LogP contribution >= 0.6 is 23.4 Å². The summed E-state index contributed by atoms with van der Waals surface area (Å²) in [6.07, 6.45) is 0.477. The summed E-state index contributed by atoms with van der Waals surface area (Å²) in [4.78, 5) is 16.2. The van der Waals surface area contributed by atoms with Crippen molar-refractivity contribution >= 4 is 34.4 Å². The molecule has 1 aromatic carbocycles. The molecule has 4 nitrogen and oxygen atoms in total. The Balaban J connectivity index is 2.20. The maximum Gasteiger partial charge on any atom is 0.332 e. The summed E-state index contributed by atoms with van der Waals surface area (Å²) in [5, 5.41) is 11.2. The molecule has 0 saturated carbocycles. The van der Waals surface area contributed by atoms with E-state index in [1.807, 2.05) is 13.8 Å². The van der Waals surface area contributed by atoms with Crippen LogP contribution in [0.3, 0.4) is 0 Å². The lowest BCUT2D eigenvalue weighted by molar-refractivity contribution is -0.142. The quantitative estimate of drug-likeness (QED) is 0.871. The van der Waals surface area contributed by atoms with Gasteiger partial charge in [0.05, 0.1) is 12.2 Å². The van der Waals surface area contributed by atoms with Gasteiger partial charge in [-0.1, -0.05) is 17.7 Å². The Morgan fingerprint density at radius 2 is 2.25 bits per heavy atom. The van der Waals surface area contributed by atoms with Crippen molar-refractivity contribution in [3.05, 3.63) is 28.8 Å². The lowest BCUT2D eigenvalue weighted by Gasteiger charge is -2.21. The number of ether oxygens (including phenoxy) is 1. The topological polar surface area (TPSA) is 58.9 Å². The number of phenols is 1. The van der Waals surface area contributed by atoms with Gasteiger partial charge in [-0.3, -0.25) is 4.99 Å². The number of esters is 1. The molecule has 1 heterocycles. The number of phenolic OH excluding ortho intramolecular Hbond substituents is 1. The monoisotopic (exact) mass is 313 g/mol. The van der Waals surface area contributed by atoms with Gasteiger partial charge in [0.15, 0.2) is 6.04 Å². The summed E-state index contributed by atoms with van der Waals surface area (Å²) in [5.41, 5.74) is 0.738. The minimum absolute atomic E-state index is 0.139. The van der Waals surface area contributed by atoms with Gasteiger partial charge < -0.3 is 9.84 Å². The first-order valence-corrected chi connectivity index (χ1v) is 7.34. The van der Waals surface area contributed by atoms with E-state index in [4.69, 9.17) is 16.3 Å². The van der Waals surface area contributed by atoms with Crippen LogP contribution in [0.4, 0.5) is 0 Å². The molecular weight excluding hydrogens is 298 g/mol. The molecule has 0 spiro atoms. The summed E-state index contributed by atoms with van der Waals surface area (Å²) in [5.74, 6) is -0.196. The van der Waals surface area contributed by atoms with Crippen LogP contribution in [0.25, 0.3) is 0 Å². The Kier molecular flexibility index (Phi) is 4.30. The summed E-state index contributed by atoms with van der Waals surface area (Å²) in [6, 6.07) is 4.47. The molecule has 1 atom stereocenters. The molecule has 20 heavy (non-hydrogen) atoms. The molecule has 0 amide bonds. The molecule has 0 saturated heterocycles. The van der Waals surface area contributed by atoms with E-state index in [0.717, 1.165) is 10.6 Å². The molecule has 2 rings (SSSR count). The van der Waals surface area contributed by atoms with Crippen LogP contribution < -0.4 is 0 Å². The highest BCUT2D eigenvalue weighted by Crippen LogP contribution is 2.39. The predicted octanol–water partition coefficient (Wildman–Crippen LogP) is 3.05. The van der Waals surface area contributed by atoms with E-state index in [1.54, 1.807) is 12.1 Å². The largest absolute Gasteiger partial charge is 0.508 e. The molecule has 0 radical (unpaired) electrons. The number of carbonyl (C=O) groups excluding carboxylic acids is 1. The van der Waals surface area contributed by atoms with E-state index in [9.17, 15) is 9.90 Å². The van der Waals surface area contributed by atoms with Crippen LogP contribution in [0.5, 0.6) is 5.75 Å². The second-order valence-corrected chi connectivity index (χ2v) is 7.27. The van der Waals surface area contributed by atoms with Gasteiger partial charge in [0.2, 0.25) is 0 Å². The SMILES string of the molecule is COC(=O)[C@@H]1N=C(Cc2ccc(Cl)cc2O)SC1(C)C. The van der Waals surface area contributed by atoms with Crippen molar-refractivity contribution in [1.29, 1.82) is 0 Å². The van der Waals surface area contributed by atoms with E-state index >= 15 is 0 Å². The zero-order chi connectivity index (χ0) is 14.9. The molecule has 6 heteroatoms. The highest BCUT2D eigenvalue weighted by atomic mass is 35.5. The van der Waals surface area contributed by atoms with Crippen molar-refractivity contribution in [2.45, 2.75) is 31.1 Å². The van der Waals surface area contributed by atoms with E-state index in [0.29, 0.717) is 11.4 Å². The van der Waals surface area contributed by atoms with Crippen molar-refractivity contribution in [3.8, 4) is 5.75 Å². The molecule has 0 bridgehead atoms. The van der Waals surface area contributed by atoms with Crippen molar-refractivity contribution in [1.82, 2.24) is 0 Å². The van der Waals surface area contributed by atoms with Crippen LogP contribution in [0.2, 0.25) is 5.02 Å². The first kappa shape index (κ1) is 15.2. The number of methoxy groups -OCH3 is 1. The highest BCUT2D eigenvalue weighted by molar-refractivity contribution is 8.15. The number of rotatable bonds is 3. The predicted molar refractivity (Wildman–Crippen MR) is 81.7 cm³/mol. The van der Waals surface area contributed by atoms with Gasteiger partial charge in [0, 0.05) is 21.8 Å². The molecule has 1 N–H and O–H groups in total. The second-order valence-electron chi connectivity index (χ2n) is 5.10. The Labute approximate surface area is 127 Å². The third-order valence-electron chi connectivity index (χ3n) is 3.13. The lowest BCUT2D eigenvalue weighted by atomic mass is 10.0. The fourth-order valence-electron chi connectivity index (χ4n) is 2.06. The van der Waals surface area contributed by atoms with E-state index < -0.39 is 6.04 Å². The second kappa shape index (κ2) is 5.66. The van der Waals surface area contributed by atoms with E-state index in [-0.39, 0.29) is 16.5 Å². The van der Waals surface area contributed by atoms with E-state index in [1.165, 1.54) is 24.9 Å². The Hall–Kier alpha value is -1.20. The molecule has 1 aliphatic heterocycles. The first-order valence-electron chi connectivity index (χ1n) is 6.14. The number of hydrogen-bond donors (Lipinski definition) is 1. The average Bonchev–Trinajstić information content (AvgIpc) is 2.67. The number of aromatic hydroxyl groups is 1. The van der Waals surface area contributed by atoms with Crippen LogP contribution in [0.1, 0.15) is 19.4 Å². The zero-order valence-corrected chi connectivity index (χ0v) is 13.1. The van der Waals surface area contributed by atoms with Gasteiger partial charge in [-0.15, -0.1) is 11.8 Å². The number of carbonyl (C=O) groups is 1. The molecule has 0 aliphatic carbocycles. The van der Waals surface area contributed by atoms with Crippen LogP contribution in [-0.4, -0.2) is 34.0 Å². The van der Waals surface area contributed by atoms with Gasteiger partial charge >= 0.3 is 5.97 Å². The minimum Gasteiger partial charge on any atom is -0.508 e. The molecular formula is C14H16ClNO3S. The Morgan fingerprint density at radius 1 is 1.55 bits per heavy atom. The maximum absolute atomic E-state index is 11.7. The van der Waals surface area contributed by atoms with Crippen LogP contribution in [0, 0.1) is 0 Å².